The van der Waals surface area contributed by atoms with Crippen LogP contribution in [0.5, 0.6) is 11.5 Å². The molecule has 220 valence electrons. The largest absolute Gasteiger partial charge is 0.126 e. The maximum absolute atomic E-state index is 5.37. The minimum absolute atomic E-state index is 0. The van der Waals surface area contributed by atoms with Crippen molar-refractivity contribution in [2.24, 2.45) is 0 Å². The van der Waals surface area contributed by atoms with Gasteiger partial charge in [-0.2, -0.15) is 18.2 Å². The van der Waals surface area contributed by atoms with Gasteiger partial charge in [-0.1, -0.05) is 54.1 Å². The van der Waals surface area contributed by atoms with Gasteiger partial charge in [-0.25, -0.2) is 0 Å². The van der Waals surface area contributed by atoms with Gasteiger partial charge in [0, 0.05) is 0 Å². The van der Waals surface area contributed by atoms with Crippen LogP contribution in [0.3, 0.4) is 0 Å². The molecule has 0 aliphatic carbocycles. The standard InChI is InChI=1S/C13H13O2.C13H9.C13H10.2ClH.Zr/c1-14-12-9-5-8-11(13(12)15-2)10-6-3-4-7-10;1-3-7-12-10(5-1)9-11-6-2-4-8-13(11)12;1-3-7-12(8-4-1)11-13-9-5-2-6-10-13;;;/h3-9H,1-2H3;1-9H;1-10H;2*1H;/q2*-1;;;;+2/p-2. The van der Waals surface area contributed by atoms with Gasteiger partial charge in [-0.15, -0.1) is 51.4 Å². The summed E-state index contributed by atoms with van der Waals surface area (Å²) in [6.07, 6.45) is 0. The van der Waals surface area contributed by atoms with E-state index in [0.29, 0.717) is 0 Å². The van der Waals surface area contributed by atoms with Gasteiger partial charge < -0.3 is 34.3 Å². The van der Waals surface area contributed by atoms with E-state index in [2.05, 4.69) is 127 Å². The van der Waals surface area contributed by atoms with Crippen molar-refractivity contribution in [2.45, 2.75) is 0 Å². The third kappa shape index (κ3) is 8.45. The number of halogens is 2. The maximum Gasteiger partial charge on any atom is -0.0771 e. The fourth-order valence-electron chi connectivity index (χ4n) is 4.95. The summed E-state index contributed by atoms with van der Waals surface area (Å²) in [5.41, 5.74) is 4.86. The first-order valence-electron chi connectivity index (χ1n) is 13.8. The van der Waals surface area contributed by atoms with Gasteiger partial charge in [-0.05, 0) is 6.07 Å². The molecule has 0 saturated heterocycles. The van der Waals surface area contributed by atoms with E-state index in [9.17, 15) is 0 Å². The quantitative estimate of drug-likeness (QED) is 0.257. The van der Waals surface area contributed by atoms with E-state index >= 15 is 0 Å². The molecule has 0 aliphatic heterocycles. The van der Waals surface area contributed by atoms with Gasteiger partial charge in [-0.3, -0.25) is 0 Å². The Bertz CT molecular complexity index is 1770. The number of rotatable bonds is 5. The Morgan fingerprint density at radius 2 is 1.07 bits per heavy atom. The number of para-hydroxylation sites is 1. The molecule has 0 saturated carbocycles. The molecule has 0 N–H and O–H groups in total. The van der Waals surface area contributed by atoms with E-state index < -0.39 is 0 Å². The zero-order chi connectivity index (χ0) is 29.1. The summed E-state index contributed by atoms with van der Waals surface area (Å²) in [6, 6.07) is 54.4. The van der Waals surface area contributed by atoms with Crippen molar-refractivity contribution in [3.63, 3.8) is 0 Å². The van der Waals surface area contributed by atoms with Gasteiger partial charge in [0.2, 0.25) is 0 Å². The first-order chi connectivity index (χ1) is 20.7. The summed E-state index contributed by atoms with van der Waals surface area (Å²) in [5, 5.41) is 5.39. The number of benzene rings is 5. The molecule has 0 atom stereocenters. The molecule has 0 bridgehead atoms. The molecule has 0 unspecified atom stereocenters. The molecule has 0 radical (unpaired) electrons. The number of hydrogen-bond donors (Lipinski definition) is 0. The van der Waals surface area contributed by atoms with E-state index in [4.69, 9.17) is 9.47 Å². The molecular formula is C39H32Cl2O2Zr-2. The third-order valence-electron chi connectivity index (χ3n) is 7.02. The fourth-order valence-corrected chi connectivity index (χ4v) is 5.77. The number of methoxy groups -OCH3 is 2. The second-order valence-corrected chi connectivity index (χ2v) is 10.9. The van der Waals surface area contributed by atoms with Crippen LogP contribution < -0.4 is 34.3 Å². The maximum atomic E-state index is 5.37. The van der Waals surface area contributed by atoms with Crippen molar-refractivity contribution in [3.05, 3.63) is 169 Å². The number of ether oxygens (including phenoxy) is 2. The SMILES string of the molecule is COc1cccc(-c2ccc[cH-]2)c1OC.[Cl-].[Cl-].[Zr+2]=[C](c1ccccc1)c1ccccc1.c1ccc2c(c1)[cH-]c1ccccc12. The summed E-state index contributed by atoms with van der Waals surface area (Å²) in [4.78, 5) is 0. The predicted octanol–water partition coefficient (Wildman–Crippen LogP) is 3.61. The number of fused-ring (bicyclic) bond motifs is 3. The summed E-state index contributed by atoms with van der Waals surface area (Å²) in [7, 11) is 3.30. The molecule has 5 heteroatoms. The van der Waals surface area contributed by atoms with Crippen molar-refractivity contribution >= 4 is 24.8 Å². The Morgan fingerprint density at radius 1 is 0.545 bits per heavy atom. The number of hydrogen-bond acceptors (Lipinski definition) is 2. The minimum Gasteiger partial charge on any atom is -0.126 e. The molecule has 0 spiro atoms. The molecule has 2 nitrogen and oxygen atoms in total. The fraction of sp³-hybridized carbons (Fsp3) is 0.0513. The minimum atomic E-state index is 0. The van der Waals surface area contributed by atoms with Crippen molar-refractivity contribution < 1.29 is 58.5 Å². The topological polar surface area (TPSA) is 18.5 Å². The molecule has 0 amide bonds. The summed E-state index contributed by atoms with van der Waals surface area (Å²) in [6.45, 7) is 0. The van der Waals surface area contributed by atoms with E-state index in [1.54, 1.807) is 14.2 Å². The predicted molar refractivity (Wildman–Crippen MR) is 174 cm³/mol. The molecule has 7 rings (SSSR count). The zero-order valence-corrected chi connectivity index (χ0v) is 28.6. The Labute approximate surface area is 287 Å². The van der Waals surface area contributed by atoms with E-state index in [1.807, 2.05) is 30.3 Å². The van der Waals surface area contributed by atoms with Gasteiger partial charge in [0.1, 0.15) is 5.75 Å². The molecule has 44 heavy (non-hydrogen) atoms. The average Bonchev–Trinajstić information content (AvgIpc) is 3.74. The van der Waals surface area contributed by atoms with E-state index in [-0.39, 0.29) is 24.8 Å². The molecule has 0 heterocycles. The molecular weight excluding hydrogens is 663 g/mol. The van der Waals surface area contributed by atoms with E-state index in [0.717, 1.165) is 22.6 Å². The van der Waals surface area contributed by atoms with Gasteiger partial charge >= 0.3 is 99.2 Å². The average molecular weight is 695 g/mol. The second kappa shape index (κ2) is 17.5. The molecule has 0 aliphatic rings. The Morgan fingerprint density at radius 3 is 1.55 bits per heavy atom. The molecule has 0 fully saturated rings. The summed E-state index contributed by atoms with van der Waals surface area (Å²) in [5.74, 6) is 1.54. The normalized spacial score (nSPS) is 9.82. The van der Waals surface area contributed by atoms with Crippen LogP contribution in [0.4, 0.5) is 0 Å². The van der Waals surface area contributed by atoms with Gasteiger partial charge in [0.25, 0.3) is 0 Å². The van der Waals surface area contributed by atoms with Crippen LogP contribution in [0.25, 0.3) is 32.7 Å². The van der Waals surface area contributed by atoms with Crippen LogP contribution in [0.15, 0.2) is 158 Å². The van der Waals surface area contributed by atoms with Crippen LogP contribution in [0.2, 0.25) is 0 Å². The van der Waals surface area contributed by atoms with Crippen LogP contribution in [-0.2, 0) is 24.2 Å². The zero-order valence-electron chi connectivity index (χ0n) is 24.6. The van der Waals surface area contributed by atoms with Crippen LogP contribution >= 0.6 is 0 Å². The van der Waals surface area contributed by atoms with Crippen LogP contribution in [-0.4, -0.2) is 17.4 Å². The molecule has 7 aromatic carbocycles. The summed E-state index contributed by atoms with van der Waals surface area (Å²) < 4.78 is 12.0. The first kappa shape index (κ1) is 34.7. The summed E-state index contributed by atoms with van der Waals surface area (Å²) >= 11 is 1.46. The first-order valence-corrected chi connectivity index (χ1v) is 15.1. The van der Waals surface area contributed by atoms with Gasteiger partial charge in [0.05, 0.1) is 14.2 Å². The molecule has 7 aromatic rings. The third-order valence-corrected chi connectivity index (χ3v) is 8.44. The smallest absolute Gasteiger partial charge is 0.0771 e. The molecule has 0 aromatic heterocycles. The van der Waals surface area contributed by atoms with Crippen LogP contribution in [0.1, 0.15) is 11.1 Å². The van der Waals surface area contributed by atoms with Crippen molar-refractivity contribution in [1.82, 2.24) is 0 Å². The Hall–Kier alpha value is -3.75. The van der Waals surface area contributed by atoms with Crippen molar-refractivity contribution in [2.75, 3.05) is 14.2 Å². The van der Waals surface area contributed by atoms with Crippen LogP contribution in [0, 0.1) is 0 Å². The Balaban J connectivity index is 0.000000177. The van der Waals surface area contributed by atoms with E-state index in [1.165, 1.54) is 60.1 Å². The second-order valence-electron chi connectivity index (χ2n) is 9.64. The monoisotopic (exact) mass is 692 g/mol. The van der Waals surface area contributed by atoms with Crippen molar-refractivity contribution in [3.8, 4) is 22.6 Å². The van der Waals surface area contributed by atoms with Gasteiger partial charge in [0.15, 0.2) is 5.75 Å². The Kier molecular flexibility index (Phi) is 13.8. The van der Waals surface area contributed by atoms with Crippen molar-refractivity contribution in [1.29, 1.82) is 0 Å².